The number of halogens is 1. The Balaban J connectivity index is 0.00000256. The van der Waals surface area contributed by atoms with E-state index in [0.717, 1.165) is 50.2 Å². The van der Waals surface area contributed by atoms with E-state index in [0.29, 0.717) is 18.7 Å². The number of hydrogen-bond acceptors (Lipinski definition) is 5. The molecule has 3 heterocycles. The second-order valence-corrected chi connectivity index (χ2v) is 7.83. The molecule has 0 bridgehead atoms. The van der Waals surface area contributed by atoms with Crippen molar-refractivity contribution in [3.63, 3.8) is 0 Å². The fraction of sp³-hybridized carbons (Fsp3) is 0.524. The van der Waals surface area contributed by atoms with Gasteiger partial charge in [-0.05, 0) is 44.8 Å². The molecule has 2 saturated heterocycles. The van der Waals surface area contributed by atoms with Crippen molar-refractivity contribution in [1.82, 2.24) is 30.5 Å². The number of amides is 2. The van der Waals surface area contributed by atoms with Crippen molar-refractivity contribution in [1.29, 1.82) is 0 Å². The highest BCUT2D eigenvalue weighted by Crippen LogP contribution is 2.22. The number of piperidine rings is 1. The van der Waals surface area contributed by atoms with E-state index in [1.54, 1.807) is 0 Å². The molecule has 8 nitrogen and oxygen atoms in total. The average molecular weight is 433 g/mol. The van der Waals surface area contributed by atoms with Crippen molar-refractivity contribution < 1.29 is 9.59 Å². The Bertz CT molecular complexity index is 866. The number of nitrogens with one attached hydrogen (secondary N) is 2. The predicted octanol–water partition coefficient (Wildman–Crippen LogP) is 2.03. The van der Waals surface area contributed by atoms with Crippen molar-refractivity contribution in [3.8, 4) is 0 Å². The van der Waals surface area contributed by atoms with Gasteiger partial charge in [-0.25, -0.2) is 4.68 Å². The molecule has 2 amide bonds. The second kappa shape index (κ2) is 10.0. The first-order chi connectivity index (χ1) is 14.1. The first-order valence-electron chi connectivity index (χ1n) is 10.4. The normalized spacial score (nSPS) is 18.2. The van der Waals surface area contributed by atoms with Crippen LogP contribution in [0.5, 0.6) is 0 Å². The van der Waals surface area contributed by atoms with Crippen LogP contribution >= 0.6 is 12.4 Å². The summed E-state index contributed by atoms with van der Waals surface area (Å²) in [6.07, 6.45) is 3.42. The zero-order chi connectivity index (χ0) is 20.2. The smallest absolute Gasteiger partial charge is 0.274 e. The van der Waals surface area contributed by atoms with Crippen LogP contribution in [0.15, 0.2) is 30.3 Å². The highest BCUT2D eigenvalue weighted by Gasteiger charge is 2.28. The topological polar surface area (TPSA) is 92.2 Å². The molecule has 2 aliphatic rings. The van der Waals surface area contributed by atoms with E-state index in [1.807, 2.05) is 46.8 Å². The highest BCUT2D eigenvalue weighted by atomic mass is 35.5. The zero-order valence-corrected chi connectivity index (χ0v) is 18.0. The molecule has 1 aromatic carbocycles. The summed E-state index contributed by atoms with van der Waals surface area (Å²) in [7, 11) is 0. The van der Waals surface area contributed by atoms with Gasteiger partial charge in [0.25, 0.3) is 5.91 Å². The number of carbonyl (C=O) groups is 2. The van der Waals surface area contributed by atoms with E-state index in [1.165, 1.54) is 0 Å². The maximum absolute atomic E-state index is 13.1. The van der Waals surface area contributed by atoms with Gasteiger partial charge in [0.05, 0.1) is 17.8 Å². The quantitative estimate of drug-likeness (QED) is 0.728. The van der Waals surface area contributed by atoms with Gasteiger partial charge in [0.2, 0.25) is 5.91 Å². The summed E-state index contributed by atoms with van der Waals surface area (Å²) in [5, 5.41) is 14.9. The number of rotatable bonds is 6. The van der Waals surface area contributed by atoms with Gasteiger partial charge >= 0.3 is 0 Å². The van der Waals surface area contributed by atoms with E-state index >= 15 is 0 Å². The molecular formula is C21H29ClN6O2. The van der Waals surface area contributed by atoms with Gasteiger partial charge in [-0.15, -0.1) is 17.5 Å². The van der Waals surface area contributed by atoms with Gasteiger partial charge in [0.15, 0.2) is 5.69 Å². The fourth-order valence-electron chi connectivity index (χ4n) is 4.21. The number of nitrogens with zero attached hydrogens (tertiary/aromatic N) is 4. The Morgan fingerprint density at radius 1 is 1.27 bits per heavy atom. The molecule has 1 atom stereocenters. The summed E-state index contributed by atoms with van der Waals surface area (Å²) in [6, 6.07) is 9.77. The summed E-state index contributed by atoms with van der Waals surface area (Å²) in [5.41, 5.74) is 2.12. The van der Waals surface area contributed by atoms with Crippen LogP contribution in [-0.4, -0.2) is 57.9 Å². The SMILES string of the molecule is Cc1c(C(=O)NC(CN2CCCC2=O)c2ccccc2)nnn1C1CCNCC1.Cl. The third kappa shape index (κ3) is 4.82. The van der Waals surface area contributed by atoms with Crippen molar-refractivity contribution in [3.05, 3.63) is 47.3 Å². The van der Waals surface area contributed by atoms with Crippen molar-refractivity contribution in [2.75, 3.05) is 26.2 Å². The van der Waals surface area contributed by atoms with Crippen molar-refractivity contribution in [2.24, 2.45) is 0 Å². The standard InChI is InChI=1S/C21H28N6O2.ClH/c1-15-20(24-25-27(15)17-9-11-22-12-10-17)21(29)23-18(16-6-3-2-4-7-16)14-26-13-5-8-19(26)28;/h2-4,6-7,17-18,22H,5,8-14H2,1H3,(H,23,29);1H. The molecular weight excluding hydrogens is 404 g/mol. The van der Waals surface area contributed by atoms with Gasteiger partial charge in [0.1, 0.15) is 0 Å². The van der Waals surface area contributed by atoms with Gasteiger partial charge in [-0.1, -0.05) is 35.5 Å². The van der Waals surface area contributed by atoms with E-state index in [4.69, 9.17) is 0 Å². The summed E-state index contributed by atoms with van der Waals surface area (Å²) in [4.78, 5) is 27.0. The molecule has 1 aromatic heterocycles. The van der Waals surface area contributed by atoms with E-state index in [2.05, 4.69) is 20.9 Å². The van der Waals surface area contributed by atoms with Crippen LogP contribution in [0.25, 0.3) is 0 Å². The van der Waals surface area contributed by atoms with Crippen LogP contribution in [0.4, 0.5) is 0 Å². The number of aromatic nitrogens is 3. The van der Waals surface area contributed by atoms with Gasteiger partial charge in [-0.3, -0.25) is 9.59 Å². The molecule has 0 aliphatic carbocycles. The van der Waals surface area contributed by atoms with E-state index in [-0.39, 0.29) is 36.3 Å². The van der Waals surface area contributed by atoms with Crippen LogP contribution in [0.1, 0.15) is 59.5 Å². The monoisotopic (exact) mass is 432 g/mol. The average Bonchev–Trinajstić information content (AvgIpc) is 3.34. The largest absolute Gasteiger partial charge is 0.342 e. The van der Waals surface area contributed by atoms with Crippen molar-refractivity contribution in [2.45, 2.75) is 44.7 Å². The molecule has 1 unspecified atom stereocenters. The predicted molar refractivity (Wildman–Crippen MR) is 116 cm³/mol. The summed E-state index contributed by atoms with van der Waals surface area (Å²) < 4.78 is 1.89. The molecule has 9 heteroatoms. The van der Waals surface area contributed by atoms with Gasteiger partial charge in [-0.2, -0.15) is 0 Å². The molecule has 0 radical (unpaired) electrons. The first-order valence-corrected chi connectivity index (χ1v) is 10.4. The molecule has 0 spiro atoms. The van der Waals surface area contributed by atoms with E-state index in [9.17, 15) is 9.59 Å². The first kappa shape index (κ1) is 22.2. The molecule has 4 rings (SSSR count). The second-order valence-electron chi connectivity index (χ2n) is 7.83. The van der Waals surface area contributed by atoms with Crippen LogP contribution in [0.3, 0.4) is 0 Å². The maximum atomic E-state index is 13.1. The molecule has 30 heavy (non-hydrogen) atoms. The third-order valence-corrected chi connectivity index (χ3v) is 5.88. The number of hydrogen-bond donors (Lipinski definition) is 2. The molecule has 0 saturated carbocycles. The molecule has 2 aliphatic heterocycles. The lowest BCUT2D eigenvalue weighted by molar-refractivity contribution is -0.128. The van der Waals surface area contributed by atoms with Crippen LogP contribution < -0.4 is 10.6 Å². The van der Waals surface area contributed by atoms with Crippen LogP contribution in [0.2, 0.25) is 0 Å². The Kier molecular flexibility index (Phi) is 7.44. The minimum Gasteiger partial charge on any atom is -0.342 e. The van der Waals surface area contributed by atoms with Crippen LogP contribution in [-0.2, 0) is 4.79 Å². The zero-order valence-electron chi connectivity index (χ0n) is 17.2. The lowest BCUT2D eigenvalue weighted by atomic mass is 10.1. The lowest BCUT2D eigenvalue weighted by Gasteiger charge is -2.25. The van der Waals surface area contributed by atoms with Gasteiger partial charge in [0, 0.05) is 19.5 Å². The number of carbonyl (C=O) groups excluding carboxylic acids is 2. The van der Waals surface area contributed by atoms with Crippen molar-refractivity contribution >= 4 is 24.2 Å². The van der Waals surface area contributed by atoms with Gasteiger partial charge < -0.3 is 15.5 Å². The minimum absolute atomic E-state index is 0. The molecule has 2 fully saturated rings. The summed E-state index contributed by atoms with van der Waals surface area (Å²) in [5.74, 6) is -0.101. The minimum atomic E-state index is -0.283. The molecule has 2 N–H and O–H groups in total. The Hall–Kier alpha value is -2.45. The fourth-order valence-corrected chi connectivity index (χ4v) is 4.21. The molecule has 162 valence electrons. The maximum Gasteiger partial charge on any atom is 0.274 e. The molecule has 2 aromatic rings. The Morgan fingerprint density at radius 2 is 2.00 bits per heavy atom. The highest BCUT2D eigenvalue weighted by molar-refractivity contribution is 5.93. The number of likely N-dealkylation sites (tertiary alicyclic amines) is 1. The number of benzene rings is 1. The Labute approximate surface area is 182 Å². The summed E-state index contributed by atoms with van der Waals surface area (Å²) in [6.45, 7) is 5.01. The Morgan fingerprint density at radius 3 is 2.67 bits per heavy atom. The third-order valence-electron chi connectivity index (χ3n) is 5.88. The van der Waals surface area contributed by atoms with E-state index < -0.39 is 0 Å². The summed E-state index contributed by atoms with van der Waals surface area (Å²) >= 11 is 0. The lowest BCUT2D eigenvalue weighted by Crippen LogP contribution is -2.39. The van der Waals surface area contributed by atoms with Crippen LogP contribution in [0, 0.1) is 6.92 Å².